The highest BCUT2D eigenvalue weighted by Crippen LogP contribution is 2.20. The number of piperazine rings is 1. The summed E-state index contributed by atoms with van der Waals surface area (Å²) in [4.78, 5) is 14.5. The van der Waals surface area contributed by atoms with Crippen molar-refractivity contribution in [3.8, 4) is 0 Å². The Morgan fingerprint density at radius 2 is 1.88 bits per heavy atom. The number of ketones is 1. The van der Waals surface area contributed by atoms with Gasteiger partial charge >= 0.3 is 0 Å². The van der Waals surface area contributed by atoms with Gasteiger partial charge in [0.25, 0.3) is 0 Å². The fourth-order valence-corrected chi connectivity index (χ4v) is 2.13. The highest BCUT2D eigenvalue weighted by molar-refractivity contribution is 5.87. The third-order valence-corrected chi connectivity index (χ3v) is 3.54. The molecule has 1 rings (SSSR count). The van der Waals surface area contributed by atoms with Crippen LogP contribution in [-0.4, -0.2) is 42.4 Å². The summed E-state index contributed by atoms with van der Waals surface area (Å²) in [5.74, 6) is 1.01. The Kier molecular flexibility index (Phi) is 4.93. The molecule has 0 atom stereocenters. The summed E-state index contributed by atoms with van der Waals surface area (Å²) in [5, 5.41) is 3.32. The molecule has 0 aromatic carbocycles. The normalized spacial score (nSPS) is 19.1. The van der Waals surface area contributed by atoms with Crippen molar-refractivity contribution >= 4 is 5.78 Å². The van der Waals surface area contributed by atoms with Crippen molar-refractivity contribution in [2.45, 2.75) is 46.1 Å². The molecule has 0 spiro atoms. The van der Waals surface area contributed by atoms with Crippen LogP contribution >= 0.6 is 0 Å². The van der Waals surface area contributed by atoms with Gasteiger partial charge in [0.05, 0.1) is 5.54 Å². The van der Waals surface area contributed by atoms with Gasteiger partial charge < -0.3 is 5.32 Å². The molecule has 3 nitrogen and oxygen atoms in total. The maximum absolute atomic E-state index is 12.2. The van der Waals surface area contributed by atoms with E-state index in [0.29, 0.717) is 18.1 Å². The number of nitrogens with zero attached hydrogens (tertiary/aromatic N) is 1. The van der Waals surface area contributed by atoms with Gasteiger partial charge in [-0.1, -0.05) is 13.8 Å². The van der Waals surface area contributed by atoms with E-state index in [0.717, 1.165) is 32.6 Å². The minimum Gasteiger partial charge on any atom is -0.314 e. The molecule has 1 aliphatic heterocycles. The molecule has 0 bridgehead atoms. The first-order chi connectivity index (χ1) is 7.44. The molecule has 0 aromatic rings. The number of Topliss-reactive ketones (excluding diaryl/α,β-unsaturated/α-hetero) is 1. The Labute approximate surface area is 99.6 Å². The summed E-state index contributed by atoms with van der Waals surface area (Å²) >= 11 is 0. The van der Waals surface area contributed by atoms with Crippen LogP contribution in [0, 0.1) is 5.92 Å². The molecule has 1 aliphatic rings. The molecular formula is C13H26N2O. The monoisotopic (exact) mass is 226 g/mol. The van der Waals surface area contributed by atoms with Gasteiger partial charge in [0.15, 0.2) is 5.78 Å². The molecule has 0 unspecified atom stereocenters. The van der Waals surface area contributed by atoms with Crippen LogP contribution in [0.15, 0.2) is 0 Å². The molecule has 0 saturated carbocycles. The molecule has 0 radical (unpaired) electrons. The Balaban J connectivity index is 2.50. The Morgan fingerprint density at radius 1 is 1.31 bits per heavy atom. The van der Waals surface area contributed by atoms with Crippen LogP contribution in [0.25, 0.3) is 0 Å². The van der Waals surface area contributed by atoms with Crippen molar-refractivity contribution in [2.24, 2.45) is 5.92 Å². The number of rotatable bonds is 5. The van der Waals surface area contributed by atoms with Gasteiger partial charge in [-0.25, -0.2) is 0 Å². The highest BCUT2D eigenvalue weighted by Gasteiger charge is 2.34. The lowest BCUT2D eigenvalue weighted by molar-refractivity contribution is -0.130. The summed E-state index contributed by atoms with van der Waals surface area (Å²) in [6.07, 6.45) is 1.73. The van der Waals surface area contributed by atoms with Crippen LogP contribution in [0.5, 0.6) is 0 Å². The first kappa shape index (κ1) is 13.7. The van der Waals surface area contributed by atoms with Gasteiger partial charge in [0, 0.05) is 32.6 Å². The van der Waals surface area contributed by atoms with Crippen molar-refractivity contribution in [3.63, 3.8) is 0 Å². The molecule has 3 heteroatoms. The third kappa shape index (κ3) is 3.56. The maximum atomic E-state index is 12.2. The third-order valence-electron chi connectivity index (χ3n) is 3.54. The smallest absolute Gasteiger partial charge is 0.152 e. The predicted molar refractivity (Wildman–Crippen MR) is 67.6 cm³/mol. The van der Waals surface area contributed by atoms with Crippen molar-refractivity contribution in [3.05, 3.63) is 0 Å². The van der Waals surface area contributed by atoms with Crippen LogP contribution in [0.1, 0.15) is 40.5 Å². The summed E-state index contributed by atoms with van der Waals surface area (Å²) in [7, 11) is 0. The molecule has 16 heavy (non-hydrogen) atoms. The zero-order valence-corrected chi connectivity index (χ0v) is 11.2. The summed E-state index contributed by atoms with van der Waals surface area (Å²) < 4.78 is 0. The standard InChI is InChI=1S/C13H26N2O/c1-11(2)5-6-12(16)13(3,4)15-9-7-14-8-10-15/h11,14H,5-10H2,1-4H3. The lowest BCUT2D eigenvalue weighted by Gasteiger charge is -2.40. The number of carbonyl (C=O) groups is 1. The van der Waals surface area contributed by atoms with Crippen molar-refractivity contribution in [1.29, 1.82) is 0 Å². The average molecular weight is 226 g/mol. The number of hydrogen-bond acceptors (Lipinski definition) is 3. The van der Waals surface area contributed by atoms with Gasteiger partial charge in [0.1, 0.15) is 0 Å². The van der Waals surface area contributed by atoms with Crippen molar-refractivity contribution in [1.82, 2.24) is 10.2 Å². The first-order valence-corrected chi connectivity index (χ1v) is 6.43. The molecule has 0 aromatic heterocycles. The van der Waals surface area contributed by atoms with Crippen LogP contribution in [0.4, 0.5) is 0 Å². The first-order valence-electron chi connectivity index (χ1n) is 6.43. The van der Waals surface area contributed by atoms with Crippen molar-refractivity contribution < 1.29 is 4.79 Å². The number of hydrogen-bond donors (Lipinski definition) is 1. The van der Waals surface area contributed by atoms with E-state index in [-0.39, 0.29) is 5.54 Å². The molecule has 1 saturated heterocycles. The second-order valence-electron chi connectivity index (χ2n) is 5.65. The average Bonchev–Trinajstić information content (AvgIpc) is 2.27. The fourth-order valence-electron chi connectivity index (χ4n) is 2.13. The number of carbonyl (C=O) groups excluding carboxylic acids is 1. The second-order valence-corrected chi connectivity index (χ2v) is 5.65. The van der Waals surface area contributed by atoms with E-state index in [4.69, 9.17) is 0 Å². The zero-order chi connectivity index (χ0) is 12.2. The summed E-state index contributed by atoms with van der Waals surface area (Å²) in [6.45, 7) is 12.5. The van der Waals surface area contributed by atoms with E-state index in [1.54, 1.807) is 0 Å². The van der Waals surface area contributed by atoms with Gasteiger partial charge in [-0.3, -0.25) is 9.69 Å². The van der Waals surface area contributed by atoms with E-state index in [2.05, 4.69) is 37.9 Å². The SMILES string of the molecule is CC(C)CCC(=O)C(C)(C)N1CCNCC1. The van der Waals surface area contributed by atoms with E-state index < -0.39 is 0 Å². The number of nitrogens with one attached hydrogen (secondary N) is 1. The zero-order valence-electron chi connectivity index (χ0n) is 11.2. The summed E-state index contributed by atoms with van der Waals surface area (Å²) in [6, 6.07) is 0. The molecule has 1 N–H and O–H groups in total. The van der Waals surface area contributed by atoms with Crippen LogP contribution < -0.4 is 5.32 Å². The Hall–Kier alpha value is -0.410. The lowest BCUT2D eigenvalue weighted by atomic mass is 9.91. The largest absolute Gasteiger partial charge is 0.314 e. The molecule has 94 valence electrons. The molecule has 1 fully saturated rings. The molecule has 0 aliphatic carbocycles. The molecule has 0 amide bonds. The highest BCUT2D eigenvalue weighted by atomic mass is 16.1. The van der Waals surface area contributed by atoms with Crippen molar-refractivity contribution in [2.75, 3.05) is 26.2 Å². The minimum absolute atomic E-state index is 0.281. The molecular weight excluding hydrogens is 200 g/mol. The Bertz CT molecular complexity index is 230. The minimum atomic E-state index is -0.281. The van der Waals surface area contributed by atoms with Crippen LogP contribution in [-0.2, 0) is 4.79 Å². The van der Waals surface area contributed by atoms with Gasteiger partial charge in [-0.2, -0.15) is 0 Å². The van der Waals surface area contributed by atoms with E-state index in [9.17, 15) is 4.79 Å². The maximum Gasteiger partial charge on any atom is 0.152 e. The van der Waals surface area contributed by atoms with E-state index >= 15 is 0 Å². The van der Waals surface area contributed by atoms with Gasteiger partial charge in [-0.15, -0.1) is 0 Å². The van der Waals surface area contributed by atoms with Gasteiger partial charge in [0.2, 0.25) is 0 Å². The predicted octanol–water partition coefficient (Wildman–Crippen LogP) is 1.68. The molecule has 1 heterocycles. The van der Waals surface area contributed by atoms with Gasteiger partial charge in [-0.05, 0) is 26.2 Å². The van der Waals surface area contributed by atoms with E-state index in [1.165, 1.54) is 0 Å². The Morgan fingerprint density at radius 3 is 2.38 bits per heavy atom. The second kappa shape index (κ2) is 5.78. The van der Waals surface area contributed by atoms with Crippen LogP contribution in [0.3, 0.4) is 0 Å². The lowest BCUT2D eigenvalue weighted by Crippen LogP contribution is -2.57. The summed E-state index contributed by atoms with van der Waals surface area (Å²) in [5.41, 5.74) is -0.281. The topological polar surface area (TPSA) is 32.3 Å². The fraction of sp³-hybridized carbons (Fsp3) is 0.923. The van der Waals surface area contributed by atoms with E-state index in [1.807, 2.05) is 0 Å². The van der Waals surface area contributed by atoms with Crippen LogP contribution in [0.2, 0.25) is 0 Å². The quantitative estimate of drug-likeness (QED) is 0.774.